The highest BCUT2D eigenvalue weighted by molar-refractivity contribution is 7.89. The zero-order valence-electron chi connectivity index (χ0n) is 12.0. The van der Waals surface area contributed by atoms with Crippen molar-refractivity contribution in [2.75, 3.05) is 18.4 Å². The monoisotopic (exact) mass is 306 g/mol. The predicted molar refractivity (Wildman–Crippen MR) is 81.6 cm³/mol. The first kappa shape index (κ1) is 15.4. The Morgan fingerprint density at radius 1 is 0.952 bits per heavy atom. The van der Waals surface area contributed by atoms with Crippen molar-refractivity contribution in [3.05, 3.63) is 47.7 Å². The van der Waals surface area contributed by atoms with Crippen molar-refractivity contribution in [3.8, 4) is 0 Å². The van der Waals surface area contributed by atoms with Gasteiger partial charge in [-0.3, -0.25) is 0 Å². The number of hydrogen-bond acceptors (Lipinski definition) is 5. The van der Waals surface area contributed by atoms with Gasteiger partial charge in [-0.2, -0.15) is 5.10 Å². The summed E-state index contributed by atoms with van der Waals surface area (Å²) in [7, 11) is -3.46. The Bertz CT molecular complexity index is 682. The van der Waals surface area contributed by atoms with Crippen LogP contribution in [0.2, 0.25) is 0 Å². The Morgan fingerprint density at radius 3 is 2.29 bits per heavy atom. The van der Waals surface area contributed by atoms with Crippen molar-refractivity contribution in [2.45, 2.75) is 18.7 Å². The Morgan fingerprint density at radius 2 is 1.67 bits per heavy atom. The molecule has 0 atom stereocenters. The first-order chi connectivity index (χ1) is 9.97. The molecule has 1 aromatic carbocycles. The zero-order chi connectivity index (χ0) is 15.3. The molecule has 0 spiro atoms. The maximum atomic E-state index is 12.0. The molecular formula is C14H18N4O2S. The molecule has 0 amide bonds. The standard InChI is InChI=1S/C14H18N4O2S/c1-11-3-6-13(7-4-11)21(19,20)16-10-9-15-14-8-5-12(2)17-18-14/h3-8,16H,9-10H2,1-2H3,(H,15,18). The molecule has 0 unspecified atom stereocenters. The summed E-state index contributed by atoms with van der Waals surface area (Å²) in [6, 6.07) is 10.4. The van der Waals surface area contributed by atoms with Gasteiger partial charge < -0.3 is 5.32 Å². The lowest BCUT2D eigenvalue weighted by atomic mass is 10.2. The van der Waals surface area contributed by atoms with Crippen LogP contribution in [-0.2, 0) is 10.0 Å². The third kappa shape index (κ3) is 4.51. The third-order valence-electron chi connectivity index (χ3n) is 2.85. The minimum absolute atomic E-state index is 0.267. The minimum atomic E-state index is -3.46. The van der Waals surface area contributed by atoms with Crippen molar-refractivity contribution < 1.29 is 8.42 Å². The van der Waals surface area contributed by atoms with Crippen molar-refractivity contribution >= 4 is 15.8 Å². The normalized spacial score (nSPS) is 11.3. The van der Waals surface area contributed by atoms with E-state index in [-0.39, 0.29) is 11.4 Å². The fourth-order valence-electron chi connectivity index (χ4n) is 1.67. The number of rotatable bonds is 6. The van der Waals surface area contributed by atoms with Gasteiger partial charge in [-0.25, -0.2) is 13.1 Å². The van der Waals surface area contributed by atoms with Crippen molar-refractivity contribution in [1.29, 1.82) is 0 Å². The summed E-state index contributed by atoms with van der Waals surface area (Å²) < 4.78 is 26.6. The molecule has 7 heteroatoms. The second-order valence-corrected chi connectivity index (χ2v) is 6.46. The average molecular weight is 306 g/mol. The van der Waals surface area contributed by atoms with Gasteiger partial charge in [0.05, 0.1) is 10.6 Å². The van der Waals surface area contributed by atoms with Crippen LogP contribution in [-0.4, -0.2) is 31.7 Å². The lowest BCUT2D eigenvalue weighted by Crippen LogP contribution is -2.29. The lowest BCUT2D eigenvalue weighted by Gasteiger charge is -2.08. The highest BCUT2D eigenvalue weighted by Crippen LogP contribution is 2.09. The van der Waals surface area contributed by atoms with Crippen LogP contribution in [0.1, 0.15) is 11.3 Å². The first-order valence-corrected chi connectivity index (χ1v) is 8.06. The van der Waals surface area contributed by atoms with Gasteiger partial charge in [-0.1, -0.05) is 17.7 Å². The summed E-state index contributed by atoms with van der Waals surface area (Å²) in [6.07, 6.45) is 0. The van der Waals surface area contributed by atoms with Crippen LogP contribution in [0.25, 0.3) is 0 Å². The van der Waals surface area contributed by atoms with Crippen LogP contribution >= 0.6 is 0 Å². The molecule has 0 aliphatic rings. The smallest absolute Gasteiger partial charge is 0.240 e. The van der Waals surface area contributed by atoms with Crippen LogP contribution in [0.3, 0.4) is 0 Å². The second kappa shape index (κ2) is 6.64. The van der Waals surface area contributed by atoms with E-state index in [1.54, 1.807) is 30.3 Å². The summed E-state index contributed by atoms with van der Waals surface area (Å²) >= 11 is 0. The van der Waals surface area contributed by atoms with Gasteiger partial charge in [0, 0.05) is 13.1 Å². The van der Waals surface area contributed by atoms with Crippen LogP contribution in [0.5, 0.6) is 0 Å². The lowest BCUT2D eigenvalue weighted by molar-refractivity contribution is 0.583. The molecule has 112 valence electrons. The van der Waals surface area contributed by atoms with Crippen molar-refractivity contribution in [3.63, 3.8) is 0 Å². The van der Waals surface area contributed by atoms with E-state index in [0.717, 1.165) is 11.3 Å². The molecule has 0 aliphatic heterocycles. The third-order valence-corrected chi connectivity index (χ3v) is 4.33. The first-order valence-electron chi connectivity index (χ1n) is 6.58. The maximum absolute atomic E-state index is 12.0. The molecule has 0 radical (unpaired) electrons. The Balaban J connectivity index is 1.85. The van der Waals surface area contributed by atoms with Gasteiger partial charge in [0.15, 0.2) is 0 Å². The highest BCUT2D eigenvalue weighted by atomic mass is 32.2. The van der Waals surface area contributed by atoms with E-state index in [2.05, 4.69) is 20.2 Å². The fraction of sp³-hybridized carbons (Fsp3) is 0.286. The number of nitrogens with zero attached hydrogens (tertiary/aromatic N) is 2. The van der Waals surface area contributed by atoms with E-state index >= 15 is 0 Å². The number of aryl methyl sites for hydroxylation is 2. The number of hydrogen-bond donors (Lipinski definition) is 2. The number of aromatic nitrogens is 2. The van der Waals surface area contributed by atoms with E-state index in [0.29, 0.717) is 12.4 Å². The Hall–Kier alpha value is -1.99. The topological polar surface area (TPSA) is 84.0 Å². The molecule has 1 heterocycles. The molecule has 0 aliphatic carbocycles. The summed E-state index contributed by atoms with van der Waals surface area (Å²) in [5.41, 5.74) is 1.86. The van der Waals surface area contributed by atoms with Gasteiger partial charge in [-0.15, -0.1) is 5.10 Å². The molecule has 0 bridgehead atoms. The highest BCUT2D eigenvalue weighted by Gasteiger charge is 2.12. The van der Waals surface area contributed by atoms with Crippen LogP contribution < -0.4 is 10.0 Å². The average Bonchev–Trinajstić information content (AvgIpc) is 2.46. The second-order valence-electron chi connectivity index (χ2n) is 4.70. The largest absolute Gasteiger partial charge is 0.367 e. The molecule has 2 aromatic rings. The Labute approximate surface area is 124 Å². The van der Waals surface area contributed by atoms with E-state index in [9.17, 15) is 8.42 Å². The van der Waals surface area contributed by atoms with Crippen molar-refractivity contribution in [2.24, 2.45) is 0 Å². The predicted octanol–water partition coefficient (Wildman–Crippen LogP) is 1.48. The summed E-state index contributed by atoms with van der Waals surface area (Å²) in [5, 5.41) is 10.9. The SMILES string of the molecule is Cc1ccc(S(=O)(=O)NCCNc2ccc(C)nn2)cc1. The molecular weight excluding hydrogens is 288 g/mol. The van der Waals surface area contributed by atoms with E-state index < -0.39 is 10.0 Å². The molecule has 0 saturated carbocycles. The van der Waals surface area contributed by atoms with Gasteiger partial charge >= 0.3 is 0 Å². The van der Waals surface area contributed by atoms with E-state index in [1.165, 1.54) is 0 Å². The number of nitrogens with one attached hydrogen (secondary N) is 2. The molecule has 21 heavy (non-hydrogen) atoms. The molecule has 2 rings (SSSR count). The summed E-state index contributed by atoms with van der Waals surface area (Å²) in [5.74, 6) is 0.620. The van der Waals surface area contributed by atoms with Crippen LogP contribution in [0, 0.1) is 13.8 Å². The molecule has 6 nitrogen and oxygen atoms in total. The van der Waals surface area contributed by atoms with E-state index in [1.807, 2.05) is 19.9 Å². The number of anilines is 1. The summed E-state index contributed by atoms with van der Waals surface area (Å²) in [4.78, 5) is 0.267. The molecule has 0 fully saturated rings. The van der Waals surface area contributed by atoms with Gasteiger partial charge in [-0.05, 0) is 38.1 Å². The zero-order valence-corrected chi connectivity index (χ0v) is 12.8. The number of sulfonamides is 1. The fourth-order valence-corrected chi connectivity index (χ4v) is 2.70. The van der Waals surface area contributed by atoms with Crippen molar-refractivity contribution in [1.82, 2.24) is 14.9 Å². The molecule has 1 aromatic heterocycles. The number of benzene rings is 1. The van der Waals surface area contributed by atoms with Gasteiger partial charge in [0.2, 0.25) is 10.0 Å². The van der Waals surface area contributed by atoms with Crippen LogP contribution in [0.4, 0.5) is 5.82 Å². The van der Waals surface area contributed by atoms with E-state index in [4.69, 9.17) is 0 Å². The summed E-state index contributed by atoms with van der Waals surface area (Å²) in [6.45, 7) is 4.47. The van der Waals surface area contributed by atoms with Gasteiger partial charge in [0.25, 0.3) is 0 Å². The maximum Gasteiger partial charge on any atom is 0.240 e. The Kier molecular flexibility index (Phi) is 4.87. The minimum Gasteiger partial charge on any atom is -0.367 e. The molecule has 0 saturated heterocycles. The van der Waals surface area contributed by atoms with Gasteiger partial charge in [0.1, 0.15) is 5.82 Å². The molecule has 2 N–H and O–H groups in total. The van der Waals surface area contributed by atoms with Crippen LogP contribution in [0.15, 0.2) is 41.3 Å². The quantitative estimate of drug-likeness (QED) is 0.790.